The van der Waals surface area contributed by atoms with Gasteiger partial charge >= 0.3 is 11.9 Å². The number of nitrogens with two attached hydrogens (primary N) is 3. The van der Waals surface area contributed by atoms with Crippen molar-refractivity contribution in [3.63, 3.8) is 0 Å². The molecule has 5 amide bonds. The molecule has 1 heterocycles. The van der Waals surface area contributed by atoms with E-state index in [0.29, 0.717) is 6.42 Å². The van der Waals surface area contributed by atoms with E-state index in [9.17, 15) is 33.6 Å². The minimum absolute atomic E-state index is 0.0620. The fourth-order valence-electron chi connectivity index (χ4n) is 3.25. The molecule has 1 aliphatic heterocycles. The molecule has 4 unspecified atom stereocenters. The first-order valence-corrected chi connectivity index (χ1v) is 10.0. The molecule has 1 fully saturated rings. The van der Waals surface area contributed by atoms with Gasteiger partial charge in [-0.15, -0.1) is 0 Å². The van der Waals surface area contributed by atoms with Crippen LogP contribution in [0.2, 0.25) is 0 Å². The average molecular weight is 472 g/mol. The molecule has 0 aromatic rings. The Kier molecular flexibility index (Phi) is 10.2. The van der Waals surface area contributed by atoms with Gasteiger partial charge < -0.3 is 42.9 Å². The van der Waals surface area contributed by atoms with Crippen LogP contribution in [0.25, 0.3) is 0 Å². The fraction of sp³-hybridized carbons (Fsp3) is 0.611. The summed E-state index contributed by atoms with van der Waals surface area (Å²) < 4.78 is 0. The number of nitrogens with one attached hydrogen (secondary N) is 2. The number of hydrogen-bond donors (Lipinski definition) is 7. The van der Waals surface area contributed by atoms with Crippen molar-refractivity contribution < 1.29 is 43.8 Å². The first kappa shape index (κ1) is 27.3. The third kappa shape index (κ3) is 8.72. The second-order valence-corrected chi connectivity index (χ2v) is 7.53. The molecule has 0 bridgehead atoms. The highest BCUT2D eigenvalue weighted by atomic mass is 16.4. The minimum Gasteiger partial charge on any atom is -0.481 e. The number of primary amides is 2. The number of nitrogens with zero attached hydrogens (tertiary/aromatic N) is 1. The van der Waals surface area contributed by atoms with E-state index in [4.69, 9.17) is 27.4 Å². The van der Waals surface area contributed by atoms with Crippen LogP contribution in [0.3, 0.4) is 0 Å². The molecule has 10 N–H and O–H groups in total. The van der Waals surface area contributed by atoms with E-state index in [2.05, 4.69) is 10.6 Å². The number of aliphatic carboxylic acids is 2. The molecule has 4 atom stereocenters. The van der Waals surface area contributed by atoms with E-state index in [1.165, 1.54) is 0 Å². The lowest BCUT2D eigenvalue weighted by Gasteiger charge is -2.29. The maximum absolute atomic E-state index is 13.0. The molecule has 0 aliphatic carbocycles. The number of amides is 5. The second kappa shape index (κ2) is 12.3. The first-order valence-electron chi connectivity index (χ1n) is 10.0. The summed E-state index contributed by atoms with van der Waals surface area (Å²) in [6.45, 7) is 0.0620. The Bertz CT molecular complexity index is 817. The maximum Gasteiger partial charge on any atom is 0.326 e. The molecule has 0 spiro atoms. The molecule has 15 nitrogen and oxygen atoms in total. The first-order chi connectivity index (χ1) is 15.3. The lowest BCUT2D eigenvalue weighted by atomic mass is 10.1. The Morgan fingerprint density at radius 1 is 0.939 bits per heavy atom. The van der Waals surface area contributed by atoms with Gasteiger partial charge in [-0.2, -0.15) is 0 Å². The molecule has 1 aliphatic rings. The van der Waals surface area contributed by atoms with Crippen molar-refractivity contribution in [3.05, 3.63) is 0 Å². The van der Waals surface area contributed by atoms with Crippen molar-refractivity contribution in [2.75, 3.05) is 6.54 Å². The quantitative estimate of drug-likeness (QED) is 0.136. The van der Waals surface area contributed by atoms with Crippen molar-refractivity contribution in [2.45, 2.75) is 62.7 Å². The normalized spacial score (nSPS) is 18.0. The van der Waals surface area contributed by atoms with Crippen LogP contribution in [0.4, 0.5) is 0 Å². The van der Waals surface area contributed by atoms with Gasteiger partial charge in [-0.3, -0.25) is 28.8 Å². The van der Waals surface area contributed by atoms with Crippen molar-refractivity contribution in [1.82, 2.24) is 15.5 Å². The van der Waals surface area contributed by atoms with Crippen LogP contribution in [0.1, 0.15) is 38.5 Å². The third-order valence-electron chi connectivity index (χ3n) is 4.89. The van der Waals surface area contributed by atoms with E-state index in [-0.39, 0.29) is 25.8 Å². The standard InChI is InChI=1S/C18H28N6O9/c19-8(3-4-12(20)25)15(29)22-9(6-13(21)26)17(31)24-5-1-2-11(24)16(30)23-10(18(32)33)7-14(27)28/h8-11H,1-7,19H2,(H2,20,25)(H2,21,26)(H,22,29)(H,23,30)(H,27,28)(H,32,33). The highest BCUT2D eigenvalue weighted by molar-refractivity contribution is 5.96. The van der Waals surface area contributed by atoms with E-state index >= 15 is 0 Å². The van der Waals surface area contributed by atoms with Gasteiger partial charge in [-0.05, 0) is 19.3 Å². The van der Waals surface area contributed by atoms with E-state index in [1.54, 1.807) is 0 Å². The van der Waals surface area contributed by atoms with Gasteiger partial charge in [0.2, 0.25) is 29.5 Å². The lowest BCUT2D eigenvalue weighted by molar-refractivity contribution is -0.148. The molecule has 0 aromatic heterocycles. The Morgan fingerprint density at radius 3 is 2.09 bits per heavy atom. The Morgan fingerprint density at radius 2 is 1.58 bits per heavy atom. The van der Waals surface area contributed by atoms with E-state index in [0.717, 1.165) is 4.90 Å². The summed E-state index contributed by atoms with van der Waals surface area (Å²) in [7, 11) is 0. The number of carbonyl (C=O) groups is 7. The molecular formula is C18H28N6O9. The molecule has 0 aromatic carbocycles. The number of likely N-dealkylation sites (tertiary alicyclic amines) is 1. The van der Waals surface area contributed by atoms with Crippen molar-refractivity contribution in [1.29, 1.82) is 0 Å². The molecule has 33 heavy (non-hydrogen) atoms. The molecule has 0 saturated carbocycles. The zero-order valence-electron chi connectivity index (χ0n) is 17.7. The van der Waals surface area contributed by atoms with Gasteiger partial charge in [0.15, 0.2) is 0 Å². The summed E-state index contributed by atoms with van der Waals surface area (Å²) in [6.07, 6.45) is -1.26. The number of carboxylic acid groups (broad SMARTS) is 2. The monoisotopic (exact) mass is 472 g/mol. The molecular weight excluding hydrogens is 444 g/mol. The lowest BCUT2D eigenvalue weighted by Crippen LogP contribution is -2.57. The van der Waals surface area contributed by atoms with Gasteiger partial charge in [-0.25, -0.2) is 4.79 Å². The molecule has 184 valence electrons. The predicted octanol–water partition coefficient (Wildman–Crippen LogP) is -4.03. The van der Waals surface area contributed by atoms with Crippen LogP contribution in [0.5, 0.6) is 0 Å². The SMILES string of the molecule is NC(=O)CCC(N)C(=O)NC(CC(N)=O)C(=O)N1CCCC1C(=O)NC(CC(=O)O)C(=O)O. The summed E-state index contributed by atoms with van der Waals surface area (Å²) in [5.74, 6) is -7.18. The number of hydrogen-bond acceptors (Lipinski definition) is 8. The Balaban J connectivity index is 2.95. The number of carboxylic acids is 2. The van der Waals surface area contributed by atoms with Gasteiger partial charge in [0.1, 0.15) is 18.1 Å². The zero-order valence-corrected chi connectivity index (χ0v) is 17.7. The topological polar surface area (TPSA) is 265 Å². The molecule has 15 heteroatoms. The van der Waals surface area contributed by atoms with Crippen LogP contribution in [-0.2, 0) is 33.6 Å². The Labute approximate surface area is 188 Å². The molecule has 1 rings (SSSR count). The summed E-state index contributed by atoms with van der Waals surface area (Å²) in [6, 6.07) is -5.52. The van der Waals surface area contributed by atoms with Gasteiger partial charge in [0, 0.05) is 13.0 Å². The highest BCUT2D eigenvalue weighted by Gasteiger charge is 2.39. The number of carbonyl (C=O) groups excluding carboxylic acids is 5. The van der Waals surface area contributed by atoms with Crippen molar-refractivity contribution >= 4 is 41.5 Å². The smallest absolute Gasteiger partial charge is 0.326 e. The fourth-order valence-corrected chi connectivity index (χ4v) is 3.25. The summed E-state index contributed by atoms with van der Waals surface area (Å²) in [4.78, 5) is 83.3. The largest absolute Gasteiger partial charge is 0.481 e. The van der Waals surface area contributed by atoms with Crippen LogP contribution in [0.15, 0.2) is 0 Å². The van der Waals surface area contributed by atoms with Crippen LogP contribution in [0, 0.1) is 0 Å². The van der Waals surface area contributed by atoms with Crippen molar-refractivity contribution in [2.24, 2.45) is 17.2 Å². The molecule has 0 radical (unpaired) electrons. The Hall–Kier alpha value is -3.75. The predicted molar refractivity (Wildman–Crippen MR) is 109 cm³/mol. The summed E-state index contributed by atoms with van der Waals surface area (Å²) >= 11 is 0. The summed E-state index contributed by atoms with van der Waals surface area (Å²) in [5.41, 5.74) is 15.8. The minimum atomic E-state index is -1.71. The molecule has 1 saturated heterocycles. The van der Waals surface area contributed by atoms with E-state index in [1.807, 2.05) is 0 Å². The van der Waals surface area contributed by atoms with Gasteiger partial charge in [0.25, 0.3) is 0 Å². The summed E-state index contributed by atoms with van der Waals surface area (Å²) in [5, 5.41) is 22.3. The highest BCUT2D eigenvalue weighted by Crippen LogP contribution is 2.20. The van der Waals surface area contributed by atoms with Crippen LogP contribution >= 0.6 is 0 Å². The third-order valence-corrected chi connectivity index (χ3v) is 4.89. The average Bonchev–Trinajstić information content (AvgIpc) is 3.19. The van der Waals surface area contributed by atoms with Gasteiger partial charge in [0.05, 0.1) is 18.9 Å². The zero-order chi connectivity index (χ0) is 25.3. The second-order valence-electron chi connectivity index (χ2n) is 7.53. The maximum atomic E-state index is 13.0. The van der Waals surface area contributed by atoms with Crippen LogP contribution < -0.4 is 27.8 Å². The van der Waals surface area contributed by atoms with Crippen LogP contribution in [-0.4, -0.2) is 87.3 Å². The van der Waals surface area contributed by atoms with E-state index < -0.39 is 78.5 Å². The van der Waals surface area contributed by atoms with Gasteiger partial charge in [-0.1, -0.05) is 0 Å². The van der Waals surface area contributed by atoms with Crippen molar-refractivity contribution in [3.8, 4) is 0 Å². The number of rotatable bonds is 13.